The second-order valence-electron chi connectivity index (χ2n) is 6.07. The summed E-state index contributed by atoms with van der Waals surface area (Å²) < 4.78 is 73.2. The molecule has 0 N–H and O–H groups in total. The van der Waals surface area contributed by atoms with Gasteiger partial charge in [0.05, 0.1) is 11.4 Å². The molecule has 1 aromatic carbocycles. The van der Waals surface area contributed by atoms with Crippen molar-refractivity contribution in [2.45, 2.75) is 30.2 Å². The standard InChI is InChI=1S/C17H16ClF3N2O4S/c18-15-10-22-8-7-16(15)26-13-2-1-9-23(11-13)28(24,25)14-5-3-12(4-6-14)27-17(19,20)21/h3-8,10,13H,1-2,9,11H2. The molecule has 0 radical (unpaired) electrons. The third-order valence-corrected chi connectivity index (χ3v) is 6.23. The van der Waals surface area contributed by atoms with E-state index in [2.05, 4.69) is 9.72 Å². The number of nitrogens with zero attached hydrogens (tertiary/aromatic N) is 2. The summed E-state index contributed by atoms with van der Waals surface area (Å²) in [6.45, 7) is 0.384. The Balaban J connectivity index is 1.71. The van der Waals surface area contributed by atoms with Gasteiger partial charge in [-0.3, -0.25) is 4.98 Å². The van der Waals surface area contributed by atoms with Crippen LogP contribution in [0.1, 0.15) is 12.8 Å². The smallest absolute Gasteiger partial charge is 0.487 e. The van der Waals surface area contributed by atoms with Crippen molar-refractivity contribution in [3.8, 4) is 11.5 Å². The zero-order valence-electron chi connectivity index (χ0n) is 14.4. The summed E-state index contributed by atoms with van der Waals surface area (Å²) in [4.78, 5) is 3.74. The van der Waals surface area contributed by atoms with E-state index in [9.17, 15) is 21.6 Å². The highest BCUT2D eigenvalue weighted by Gasteiger charge is 2.33. The summed E-state index contributed by atoms with van der Waals surface area (Å²) in [5.74, 6) is -0.0757. The van der Waals surface area contributed by atoms with Crippen LogP contribution in [0.3, 0.4) is 0 Å². The Morgan fingerprint density at radius 1 is 1.18 bits per heavy atom. The number of piperidine rings is 1. The number of benzene rings is 1. The van der Waals surface area contributed by atoms with E-state index in [0.717, 1.165) is 24.3 Å². The molecule has 1 fully saturated rings. The molecule has 1 aliphatic heterocycles. The molecule has 6 nitrogen and oxygen atoms in total. The molecular weight excluding hydrogens is 421 g/mol. The van der Waals surface area contributed by atoms with Gasteiger partial charge in [0.25, 0.3) is 0 Å². The van der Waals surface area contributed by atoms with Crippen molar-refractivity contribution in [2.24, 2.45) is 0 Å². The van der Waals surface area contributed by atoms with Crippen LogP contribution in [-0.2, 0) is 10.0 Å². The van der Waals surface area contributed by atoms with Crippen molar-refractivity contribution in [1.82, 2.24) is 9.29 Å². The van der Waals surface area contributed by atoms with E-state index in [4.69, 9.17) is 16.3 Å². The van der Waals surface area contributed by atoms with Crippen molar-refractivity contribution in [2.75, 3.05) is 13.1 Å². The van der Waals surface area contributed by atoms with Crippen LogP contribution in [0.2, 0.25) is 5.02 Å². The van der Waals surface area contributed by atoms with Crippen LogP contribution in [0.15, 0.2) is 47.6 Å². The van der Waals surface area contributed by atoms with Gasteiger partial charge >= 0.3 is 6.36 Å². The first-order chi connectivity index (χ1) is 13.1. The molecule has 1 aliphatic rings. The molecular formula is C17H16ClF3N2O4S. The zero-order chi connectivity index (χ0) is 20.4. The van der Waals surface area contributed by atoms with Crippen LogP contribution < -0.4 is 9.47 Å². The number of pyridine rings is 1. The molecule has 3 rings (SSSR count). The van der Waals surface area contributed by atoms with Crippen molar-refractivity contribution in [1.29, 1.82) is 0 Å². The summed E-state index contributed by atoms with van der Waals surface area (Å²) in [6, 6.07) is 5.69. The van der Waals surface area contributed by atoms with Gasteiger partial charge in [-0.05, 0) is 37.1 Å². The molecule has 11 heteroatoms. The van der Waals surface area contributed by atoms with Gasteiger partial charge < -0.3 is 9.47 Å². The van der Waals surface area contributed by atoms with Gasteiger partial charge in [0.15, 0.2) is 0 Å². The highest BCUT2D eigenvalue weighted by molar-refractivity contribution is 7.89. The number of hydrogen-bond acceptors (Lipinski definition) is 5. The van der Waals surface area contributed by atoms with Crippen LogP contribution in [0.5, 0.6) is 11.5 Å². The summed E-state index contributed by atoms with van der Waals surface area (Å²) in [5, 5.41) is 0.322. The maximum Gasteiger partial charge on any atom is 0.573 e. The second-order valence-corrected chi connectivity index (χ2v) is 8.42. The Kier molecular flexibility index (Phi) is 6.01. The third kappa shape index (κ3) is 5.06. The van der Waals surface area contributed by atoms with Crippen LogP contribution in [0.25, 0.3) is 0 Å². The highest BCUT2D eigenvalue weighted by Crippen LogP contribution is 2.29. The number of halogens is 4. The van der Waals surface area contributed by atoms with Gasteiger partial charge in [-0.2, -0.15) is 4.31 Å². The Bertz CT molecular complexity index is 923. The summed E-state index contributed by atoms with van der Waals surface area (Å²) in [5.41, 5.74) is 0. The van der Waals surface area contributed by atoms with Crippen LogP contribution >= 0.6 is 11.6 Å². The number of alkyl halides is 3. The van der Waals surface area contributed by atoms with Gasteiger partial charge in [0, 0.05) is 25.0 Å². The van der Waals surface area contributed by atoms with Gasteiger partial charge in [-0.1, -0.05) is 11.6 Å². The Labute approximate surface area is 164 Å². The fourth-order valence-corrected chi connectivity index (χ4v) is 4.49. The topological polar surface area (TPSA) is 68.7 Å². The Hall–Kier alpha value is -2.04. The summed E-state index contributed by atoms with van der Waals surface area (Å²) >= 11 is 6.01. The van der Waals surface area contributed by atoms with Gasteiger partial charge in [-0.15, -0.1) is 13.2 Å². The quantitative estimate of drug-likeness (QED) is 0.711. The van der Waals surface area contributed by atoms with E-state index in [-0.39, 0.29) is 18.0 Å². The molecule has 2 heterocycles. The molecule has 1 saturated heterocycles. The zero-order valence-corrected chi connectivity index (χ0v) is 16.0. The molecule has 0 aliphatic carbocycles. The van der Waals surface area contributed by atoms with E-state index in [1.54, 1.807) is 6.07 Å². The number of hydrogen-bond donors (Lipinski definition) is 0. The Morgan fingerprint density at radius 2 is 1.89 bits per heavy atom. The number of ether oxygens (including phenoxy) is 2. The largest absolute Gasteiger partial charge is 0.573 e. The predicted octanol–water partition coefficient (Wildman–Crippen LogP) is 3.87. The van der Waals surface area contributed by atoms with Crippen molar-refractivity contribution in [3.05, 3.63) is 47.7 Å². The molecule has 0 bridgehead atoms. The SMILES string of the molecule is O=S(=O)(c1ccc(OC(F)(F)F)cc1)N1CCCC(Oc2ccncc2Cl)C1. The molecule has 1 aromatic heterocycles. The Morgan fingerprint density at radius 3 is 2.54 bits per heavy atom. The molecule has 1 atom stereocenters. The minimum Gasteiger partial charge on any atom is -0.487 e. The van der Waals surface area contributed by atoms with Crippen molar-refractivity contribution < 1.29 is 31.1 Å². The lowest BCUT2D eigenvalue weighted by atomic mass is 10.1. The molecule has 28 heavy (non-hydrogen) atoms. The molecule has 0 spiro atoms. The average molecular weight is 437 g/mol. The molecule has 1 unspecified atom stereocenters. The van der Waals surface area contributed by atoms with Crippen LogP contribution in [0, 0.1) is 0 Å². The van der Waals surface area contributed by atoms with Gasteiger partial charge in [0.2, 0.25) is 10.0 Å². The fourth-order valence-electron chi connectivity index (χ4n) is 2.82. The van der Waals surface area contributed by atoms with Gasteiger partial charge in [0.1, 0.15) is 22.6 Å². The monoisotopic (exact) mass is 436 g/mol. The number of sulfonamides is 1. The minimum absolute atomic E-state index is 0.0990. The molecule has 0 saturated carbocycles. The van der Waals surface area contributed by atoms with E-state index in [1.807, 2.05) is 0 Å². The first kappa shape index (κ1) is 20.7. The lowest BCUT2D eigenvalue weighted by molar-refractivity contribution is -0.274. The first-order valence-electron chi connectivity index (χ1n) is 8.27. The summed E-state index contributed by atoms with van der Waals surface area (Å²) in [7, 11) is -3.89. The first-order valence-corrected chi connectivity index (χ1v) is 10.1. The predicted molar refractivity (Wildman–Crippen MR) is 94.8 cm³/mol. The second kappa shape index (κ2) is 8.14. The maximum atomic E-state index is 12.8. The van der Waals surface area contributed by atoms with Crippen molar-refractivity contribution in [3.63, 3.8) is 0 Å². The number of aromatic nitrogens is 1. The lowest BCUT2D eigenvalue weighted by Gasteiger charge is -2.32. The lowest BCUT2D eigenvalue weighted by Crippen LogP contribution is -2.44. The van der Waals surface area contributed by atoms with Crippen molar-refractivity contribution >= 4 is 21.6 Å². The number of rotatable bonds is 5. The molecule has 2 aromatic rings. The normalized spacial score (nSPS) is 18.6. The summed E-state index contributed by atoms with van der Waals surface area (Å²) in [6.07, 6.45) is -1.09. The minimum atomic E-state index is -4.84. The third-order valence-electron chi connectivity index (χ3n) is 4.06. The maximum absolute atomic E-state index is 12.8. The van der Waals surface area contributed by atoms with E-state index in [1.165, 1.54) is 16.7 Å². The fraction of sp³-hybridized carbons (Fsp3) is 0.353. The van der Waals surface area contributed by atoms with Crippen LogP contribution in [0.4, 0.5) is 13.2 Å². The van der Waals surface area contributed by atoms with Gasteiger partial charge in [-0.25, -0.2) is 8.42 Å². The molecule has 0 amide bonds. The van der Waals surface area contributed by atoms with Crippen LogP contribution in [-0.4, -0.2) is 43.3 Å². The van der Waals surface area contributed by atoms with E-state index in [0.29, 0.717) is 23.6 Å². The molecule has 152 valence electrons. The van der Waals surface area contributed by atoms with E-state index >= 15 is 0 Å². The average Bonchev–Trinajstić information content (AvgIpc) is 2.63. The van der Waals surface area contributed by atoms with E-state index < -0.39 is 28.2 Å². The highest BCUT2D eigenvalue weighted by atomic mass is 35.5.